The molecule has 7 heteroatoms. The number of rotatable bonds is 7. The zero-order valence-electron chi connectivity index (χ0n) is 19.3. The molecule has 0 aromatic heterocycles. The van der Waals surface area contributed by atoms with Crippen LogP contribution in [0.3, 0.4) is 0 Å². The van der Waals surface area contributed by atoms with E-state index in [0.29, 0.717) is 10.8 Å². The van der Waals surface area contributed by atoms with Crippen molar-refractivity contribution in [2.45, 2.75) is 31.8 Å². The predicted molar refractivity (Wildman–Crippen MR) is 132 cm³/mol. The number of hydrogen-bond acceptors (Lipinski definition) is 4. The Morgan fingerprint density at radius 2 is 1.94 bits per heavy atom. The summed E-state index contributed by atoms with van der Waals surface area (Å²) in [6, 6.07) is 15.0. The van der Waals surface area contributed by atoms with Gasteiger partial charge in [0.15, 0.2) is 0 Å². The first-order valence-corrected chi connectivity index (χ1v) is 12.0. The maximum atomic E-state index is 13.7. The van der Waals surface area contributed by atoms with Gasteiger partial charge in [0.05, 0.1) is 28.9 Å². The Kier molecular flexibility index (Phi) is 7.89. The molecule has 5 nitrogen and oxygen atoms in total. The van der Waals surface area contributed by atoms with E-state index in [2.05, 4.69) is 28.9 Å². The summed E-state index contributed by atoms with van der Waals surface area (Å²) in [6.45, 7) is 4.85. The predicted octanol–water partition coefficient (Wildman–Crippen LogP) is 3.52. The van der Waals surface area contributed by atoms with E-state index in [1.54, 1.807) is 6.07 Å². The van der Waals surface area contributed by atoms with Crippen molar-refractivity contribution in [2.75, 3.05) is 37.7 Å². The standard InChI is InChI=1S/C27H29ClFN3O2/c1-19-16-31(17-21-4-2-20(15-30)3-5-21)18-27(22-6-8-23(29)9-7-22)32(19)26-11-10-24(14-25(26)28)34-13-12-33/h2,4,6-11,14,19,27,33H,3,5,12-13,16-18H2,1H3/p+1/t19-,27+/m1/s1. The van der Waals surface area contributed by atoms with Gasteiger partial charge in [0.2, 0.25) is 0 Å². The molecule has 2 N–H and O–H groups in total. The minimum absolute atomic E-state index is 0.00346. The van der Waals surface area contributed by atoms with E-state index in [-0.39, 0.29) is 31.1 Å². The Bertz CT molecular complexity index is 1110. The van der Waals surface area contributed by atoms with Crippen LogP contribution in [0.4, 0.5) is 10.1 Å². The van der Waals surface area contributed by atoms with Crippen LogP contribution >= 0.6 is 11.6 Å². The Morgan fingerprint density at radius 1 is 1.15 bits per heavy atom. The first kappa shape index (κ1) is 24.3. The summed E-state index contributed by atoms with van der Waals surface area (Å²) < 4.78 is 19.2. The number of halogens is 2. The van der Waals surface area contributed by atoms with E-state index in [0.717, 1.165) is 49.3 Å². The summed E-state index contributed by atoms with van der Waals surface area (Å²) in [5, 5.41) is 16.9. The van der Waals surface area contributed by atoms with Crippen LogP contribution in [0.25, 0.3) is 0 Å². The zero-order chi connectivity index (χ0) is 24.1. The summed E-state index contributed by atoms with van der Waals surface area (Å²) in [5.41, 5.74) is 4.23. The van der Waals surface area contributed by atoms with Crippen molar-refractivity contribution < 1.29 is 19.5 Å². The van der Waals surface area contributed by atoms with Crippen LogP contribution < -0.4 is 14.9 Å². The highest BCUT2D eigenvalue weighted by Crippen LogP contribution is 2.39. The van der Waals surface area contributed by atoms with Crippen LogP contribution in [0.5, 0.6) is 5.75 Å². The molecule has 1 aliphatic heterocycles. The van der Waals surface area contributed by atoms with E-state index < -0.39 is 0 Å². The van der Waals surface area contributed by atoms with Crippen molar-refractivity contribution in [3.63, 3.8) is 0 Å². The molecule has 2 aromatic rings. The lowest BCUT2D eigenvalue weighted by Gasteiger charge is -2.48. The smallest absolute Gasteiger partial charge is 0.304 e. The van der Waals surface area contributed by atoms with Gasteiger partial charge >= 0.3 is 6.07 Å². The van der Waals surface area contributed by atoms with Crippen LogP contribution in [-0.2, 0) is 0 Å². The molecule has 0 spiro atoms. The van der Waals surface area contributed by atoms with Crippen molar-refractivity contribution in [1.29, 1.82) is 0 Å². The molecule has 0 bridgehead atoms. The number of nitrogens with one attached hydrogen (secondary N) is 1. The molecule has 178 valence electrons. The Balaban J connectivity index is 1.61. The fourth-order valence-corrected chi connectivity index (χ4v) is 5.08. The van der Waals surface area contributed by atoms with Gasteiger partial charge in [-0.2, -0.15) is 0 Å². The van der Waals surface area contributed by atoms with Gasteiger partial charge in [-0.25, -0.2) is 4.39 Å². The fourth-order valence-electron chi connectivity index (χ4n) is 4.82. The van der Waals surface area contributed by atoms with Gasteiger partial charge in [0, 0.05) is 31.7 Å². The van der Waals surface area contributed by atoms with Crippen LogP contribution in [-0.4, -0.2) is 48.9 Å². The molecule has 2 aliphatic rings. The molecule has 2 atom stereocenters. The van der Waals surface area contributed by atoms with E-state index in [1.807, 2.05) is 30.3 Å². The highest BCUT2D eigenvalue weighted by Gasteiger charge is 2.34. The van der Waals surface area contributed by atoms with Crippen LogP contribution in [0.15, 0.2) is 65.8 Å². The van der Waals surface area contributed by atoms with Gasteiger partial charge < -0.3 is 14.7 Å². The minimum atomic E-state index is -0.252. The highest BCUT2D eigenvalue weighted by molar-refractivity contribution is 6.33. The molecule has 0 amide bonds. The SMILES string of the molecule is C[C@@H]1CN(CC2=CC=C(C#[NH+])CC2)C[C@@H](c2ccc(F)cc2)N1c1ccc(OCCO)cc1Cl. The van der Waals surface area contributed by atoms with E-state index in [1.165, 1.54) is 17.7 Å². The summed E-state index contributed by atoms with van der Waals surface area (Å²) in [6.07, 6.45) is 5.90. The Labute approximate surface area is 205 Å². The second-order valence-electron chi connectivity index (χ2n) is 8.84. The molecule has 34 heavy (non-hydrogen) atoms. The second-order valence-corrected chi connectivity index (χ2v) is 9.25. The molecule has 1 aliphatic carbocycles. The van der Waals surface area contributed by atoms with Crippen LogP contribution in [0.2, 0.25) is 5.02 Å². The van der Waals surface area contributed by atoms with E-state index in [9.17, 15) is 4.39 Å². The third-order valence-corrected chi connectivity index (χ3v) is 6.70. The lowest BCUT2D eigenvalue weighted by atomic mass is 9.95. The molecule has 0 unspecified atom stereocenters. The molecule has 1 saturated heterocycles. The number of benzene rings is 2. The number of piperazine rings is 1. The maximum absolute atomic E-state index is 13.7. The first-order valence-electron chi connectivity index (χ1n) is 11.6. The van der Waals surface area contributed by atoms with E-state index in [4.69, 9.17) is 26.7 Å². The van der Waals surface area contributed by atoms with Crippen LogP contribution in [0, 0.1) is 11.9 Å². The fraction of sp³-hybridized carbons (Fsp3) is 0.370. The number of ether oxygens (including phenoxy) is 1. The zero-order valence-corrected chi connectivity index (χ0v) is 20.1. The van der Waals surface area contributed by atoms with Crippen molar-refractivity contribution >= 4 is 17.3 Å². The summed E-state index contributed by atoms with van der Waals surface area (Å²) in [5.74, 6) is 0.364. The number of allylic oxidation sites excluding steroid dienone is 3. The number of nitrogens with zero attached hydrogens (tertiary/aromatic N) is 2. The van der Waals surface area contributed by atoms with Crippen molar-refractivity contribution in [2.24, 2.45) is 0 Å². The summed E-state index contributed by atoms with van der Waals surface area (Å²) in [7, 11) is 0. The second kappa shape index (κ2) is 11.1. The third kappa shape index (κ3) is 5.61. The van der Waals surface area contributed by atoms with Gasteiger partial charge in [-0.05, 0) is 55.7 Å². The van der Waals surface area contributed by atoms with Gasteiger partial charge in [-0.15, -0.1) is 0 Å². The minimum Gasteiger partial charge on any atom is -0.491 e. The highest BCUT2D eigenvalue weighted by atomic mass is 35.5. The van der Waals surface area contributed by atoms with Gasteiger partial charge in [0.25, 0.3) is 0 Å². The molecule has 1 fully saturated rings. The summed E-state index contributed by atoms with van der Waals surface area (Å²) in [4.78, 5) is 4.76. The Morgan fingerprint density at radius 3 is 2.59 bits per heavy atom. The number of anilines is 1. The lowest BCUT2D eigenvalue weighted by Crippen LogP contribution is -2.54. The third-order valence-electron chi connectivity index (χ3n) is 6.40. The van der Waals surface area contributed by atoms with Gasteiger partial charge in [0.1, 0.15) is 18.2 Å². The Hall–Kier alpha value is -2.85. The molecule has 2 aromatic carbocycles. The normalized spacial score (nSPS) is 21.0. The average molecular weight is 483 g/mol. The average Bonchev–Trinajstić information content (AvgIpc) is 2.84. The monoisotopic (exact) mass is 482 g/mol. The molecule has 4 rings (SSSR count). The molecule has 0 radical (unpaired) electrons. The maximum Gasteiger partial charge on any atom is 0.304 e. The van der Waals surface area contributed by atoms with E-state index >= 15 is 0 Å². The topological polar surface area (TPSA) is 59.7 Å². The quantitative estimate of drug-likeness (QED) is 0.634. The molecule has 1 heterocycles. The largest absolute Gasteiger partial charge is 0.491 e. The first-order chi connectivity index (χ1) is 16.5. The summed E-state index contributed by atoms with van der Waals surface area (Å²) >= 11 is 6.71. The van der Waals surface area contributed by atoms with Gasteiger partial charge in [-0.3, -0.25) is 4.90 Å². The van der Waals surface area contributed by atoms with Crippen LogP contribution in [0.1, 0.15) is 31.4 Å². The molecular formula is C27H30ClFN3O2+. The number of aliphatic hydroxyl groups excluding tert-OH is 1. The van der Waals surface area contributed by atoms with Crippen molar-refractivity contribution in [1.82, 2.24) is 4.90 Å². The van der Waals surface area contributed by atoms with Crippen molar-refractivity contribution in [3.05, 3.63) is 82.2 Å². The molecule has 0 saturated carbocycles. The number of aliphatic hydroxyl groups is 1. The molecular weight excluding hydrogens is 453 g/mol. The van der Waals surface area contributed by atoms with Gasteiger partial charge in [-0.1, -0.05) is 40.6 Å². The lowest BCUT2D eigenvalue weighted by molar-refractivity contribution is -0.0914. The number of hydrogen-bond donors (Lipinski definition) is 2. The van der Waals surface area contributed by atoms with Crippen molar-refractivity contribution in [3.8, 4) is 11.8 Å².